The standard InChI is InChI=1S/C14H20O2/c1-5-6-7-16-14-9-10(2)8-13(11(14)3)12(4)15/h8-9,15H,4-7H2,1-3H3. The zero-order chi connectivity index (χ0) is 12.1. The normalized spacial score (nSPS) is 10.2. The van der Waals surface area contributed by atoms with E-state index in [9.17, 15) is 5.11 Å². The van der Waals surface area contributed by atoms with Crippen LogP contribution >= 0.6 is 0 Å². The summed E-state index contributed by atoms with van der Waals surface area (Å²) in [4.78, 5) is 0. The Kier molecular flexibility index (Phi) is 4.41. The summed E-state index contributed by atoms with van der Waals surface area (Å²) in [5.74, 6) is 0.945. The number of rotatable bonds is 5. The summed E-state index contributed by atoms with van der Waals surface area (Å²) >= 11 is 0. The molecule has 1 aromatic rings. The number of hydrogen-bond acceptors (Lipinski definition) is 2. The minimum Gasteiger partial charge on any atom is -0.508 e. The first-order valence-electron chi connectivity index (χ1n) is 5.68. The maximum atomic E-state index is 9.48. The summed E-state index contributed by atoms with van der Waals surface area (Å²) in [5.41, 5.74) is 2.79. The van der Waals surface area contributed by atoms with Gasteiger partial charge in [-0.15, -0.1) is 0 Å². The molecule has 0 aliphatic carbocycles. The van der Waals surface area contributed by atoms with Crippen LogP contribution < -0.4 is 4.74 Å². The summed E-state index contributed by atoms with van der Waals surface area (Å²) in [7, 11) is 0. The lowest BCUT2D eigenvalue weighted by Crippen LogP contribution is -2.00. The second-order valence-electron chi connectivity index (χ2n) is 4.08. The van der Waals surface area contributed by atoms with Gasteiger partial charge in [-0.05, 0) is 38.0 Å². The first-order chi connectivity index (χ1) is 7.56. The molecule has 1 rings (SSSR count). The Morgan fingerprint density at radius 3 is 2.62 bits per heavy atom. The van der Waals surface area contributed by atoms with E-state index in [0.29, 0.717) is 0 Å². The summed E-state index contributed by atoms with van der Waals surface area (Å²) in [6.45, 7) is 10.3. The van der Waals surface area contributed by atoms with Crippen LogP contribution in [0.25, 0.3) is 5.76 Å². The third-order valence-electron chi connectivity index (χ3n) is 2.57. The number of benzene rings is 1. The van der Waals surface area contributed by atoms with Crippen molar-refractivity contribution in [2.75, 3.05) is 6.61 Å². The van der Waals surface area contributed by atoms with Gasteiger partial charge >= 0.3 is 0 Å². The van der Waals surface area contributed by atoms with Crippen LogP contribution in [-0.2, 0) is 0 Å². The van der Waals surface area contributed by atoms with Crippen molar-refractivity contribution in [2.24, 2.45) is 0 Å². The molecule has 0 spiro atoms. The van der Waals surface area contributed by atoms with E-state index in [-0.39, 0.29) is 5.76 Å². The van der Waals surface area contributed by atoms with Gasteiger partial charge in [-0.1, -0.05) is 19.9 Å². The van der Waals surface area contributed by atoms with Crippen LogP contribution in [-0.4, -0.2) is 11.7 Å². The van der Waals surface area contributed by atoms with E-state index in [2.05, 4.69) is 13.5 Å². The highest BCUT2D eigenvalue weighted by Gasteiger charge is 2.08. The van der Waals surface area contributed by atoms with Crippen molar-refractivity contribution in [3.63, 3.8) is 0 Å². The summed E-state index contributed by atoms with van der Waals surface area (Å²) in [6.07, 6.45) is 2.16. The molecule has 0 bridgehead atoms. The number of aliphatic hydroxyl groups is 1. The zero-order valence-electron chi connectivity index (χ0n) is 10.3. The molecule has 0 radical (unpaired) electrons. The molecule has 0 aliphatic heterocycles. The Bertz CT molecular complexity index is 381. The predicted molar refractivity (Wildman–Crippen MR) is 68.0 cm³/mol. The van der Waals surface area contributed by atoms with Crippen LogP contribution in [0.1, 0.15) is 36.5 Å². The highest BCUT2D eigenvalue weighted by molar-refractivity contribution is 5.63. The Balaban J connectivity index is 2.95. The zero-order valence-corrected chi connectivity index (χ0v) is 10.3. The fourth-order valence-corrected chi connectivity index (χ4v) is 1.60. The molecular formula is C14H20O2. The van der Waals surface area contributed by atoms with E-state index in [4.69, 9.17) is 4.74 Å². The monoisotopic (exact) mass is 220 g/mol. The van der Waals surface area contributed by atoms with Crippen molar-refractivity contribution >= 4 is 5.76 Å². The van der Waals surface area contributed by atoms with E-state index < -0.39 is 0 Å². The van der Waals surface area contributed by atoms with Gasteiger partial charge in [0, 0.05) is 11.1 Å². The summed E-state index contributed by atoms with van der Waals surface area (Å²) in [5, 5.41) is 9.48. The van der Waals surface area contributed by atoms with Gasteiger partial charge in [0.1, 0.15) is 11.5 Å². The molecule has 0 unspecified atom stereocenters. The van der Waals surface area contributed by atoms with Crippen molar-refractivity contribution < 1.29 is 9.84 Å². The molecular weight excluding hydrogens is 200 g/mol. The summed E-state index contributed by atoms with van der Waals surface area (Å²) < 4.78 is 5.70. The molecule has 0 saturated carbocycles. The van der Waals surface area contributed by atoms with Gasteiger partial charge in [-0.3, -0.25) is 0 Å². The minimum absolute atomic E-state index is 0.0986. The number of hydrogen-bond donors (Lipinski definition) is 1. The fraction of sp³-hybridized carbons (Fsp3) is 0.429. The van der Waals surface area contributed by atoms with E-state index >= 15 is 0 Å². The second kappa shape index (κ2) is 5.59. The second-order valence-corrected chi connectivity index (χ2v) is 4.08. The quantitative estimate of drug-likeness (QED) is 0.600. The van der Waals surface area contributed by atoms with Crippen molar-refractivity contribution in [1.82, 2.24) is 0 Å². The van der Waals surface area contributed by atoms with Crippen molar-refractivity contribution in [2.45, 2.75) is 33.6 Å². The van der Waals surface area contributed by atoms with Crippen LogP contribution in [0.4, 0.5) is 0 Å². The number of unbranched alkanes of at least 4 members (excludes halogenated alkanes) is 1. The van der Waals surface area contributed by atoms with Crippen molar-refractivity contribution in [1.29, 1.82) is 0 Å². The minimum atomic E-state index is 0.0986. The Hall–Kier alpha value is -1.44. The SMILES string of the molecule is C=C(O)c1cc(C)cc(OCCCC)c1C. The highest BCUT2D eigenvalue weighted by atomic mass is 16.5. The summed E-state index contributed by atoms with van der Waals surface area (Å²) in [6, 6.07) is 3.92. The molecule has 0 fully saturated rings. The van der Waals surface area contributed by atoms with Gasteiger partial charge in [0.25, 0.3) is 0 Å². The van der Waals surface area contributed by atoms with Crippen LogP contribution in [0.2, 0.25) is 0 Å². The van der Waals surface area contributed by atoms with Crippen LogP contribution in [0.15, 0.2) is 18.7 Å². The van der Waals surface area contributed by atoms with Crippen molar-refractivity contribution in [3.05, 3.63) is 35.4 Å². The predicted octanol–water partition coefficient (Wildman–Crippen LogP) is 4.01. The Morgan fingerprint density at radius 1 is 1.38 bits per heavy atom. The maximum Gasteiger partial charge on any atom is 0.123 e. The molecule has 1 N–H and O–H groups in total. The first-order valence-corrected chi connectivity index (χ1v) is 5.68. The lowest BCUT2D eigenvalue weighted by Gasteiger charge is -2.13. The molecule has 0 saturated heterocycles. The fourth-order valence-electron chi connectivity index (χ4n) is 1.60. The Labute approximate surface area is 97.6 Å². The van der Waals surface area contributed by atoms with Gasteiger partial charge in [-0.25, -0.2) is 0 Å². The van der Waals surface area contributed by atoms with Crippen molar-refractivity contribution in [3.8, 4) is 5.75 Å². The Morgan fingerprint density at radius 2 is 2.06 bits per heavy atom. The average Bonchev–Trinajstić information content (AvgIpc) is 2.22. The van der Waals surface area contributed by atoms with E-state index in [1.54, 1.807) is 0 Å². The number of aryl methyl sites for hydroxylation is 1. The van der Waals surface area contributed by atoms with Gasteiger partial charge in [0.15, 0.2) is 0 Å². The molecule has 0 atom stereocenters. The third-order valence-corrected chi connectivity index (χ3v) is 2.57. The van der Waals surface area contributed by atoms with E-state index in [1.807, 2.05) is 26.0 Å². The van der Waals surface area contributed by atoms with Crippen LogP contribution in [0.5, 0.6) is 5.75 Å². The average molecular weight is 220 g/mol. The molecule has 2 nitrogen and oxygen atoms in total. The van der Waals surface area contributed by atoms with Crippen LogP contribution in [0.3, 0.4) is 0 Å². The molecule has 1 aromatic carbocycles. The maximum absolute atomic E-state index is 9.48. The topological polar surface area (TPSA) is 29.5 Å². The molecule has 0 aliphatic rings. The van der Waals surface area contributed by atoms with Gasteiger partial charge in [-0.2, -0.15) is 0 Å². The first kappa shape index (κ1) is 12.6. The van der Waals surface area contributed by atoms with E-state index in [0.717, 1.165) is 41.9 Å². The molecule has 0 amide bonds. The number of aliphatic hydroxyl groups excluding tert-OH is 1. The van der Waals surface area contributed by atoms with Gasteiger partial charge < -0.3 is 9.84 Å². The smallest absolute Gasteiger partial charge is 0.123 e. The van der Waals surface area contributed by atoms with Gasteiger partial charge in [0.2, 0.25) is 0 Å². The lowest BCUT2D eigenvalue weighted by atomic mass is 10.0. The lowest BCUT2D eigenvalue weighted by molar-refractivity contribution is 0.307. The molecule has 88 valence electrons. The van der Waals surface area contributed by atoms with Gasteiger partial charge in [0.05, 0.1) is 6.61 Å². The molecule has 16 heavy (non-hydrogen) atoms. The molecule has 0 aromatic heterocycles. The highest BCUT2D eigenvalue weighted by Crippen LogP contribution is 2.27. The largest absolute Gasteiger partial charge is 0.508 e. The third kappa shape index (κ3) is 3.02. The number of ether oxygens (including phenoxy) is 1. The van der Waals surface area contributed by atoms with Crippen LogP contribution in [0, 0.1) is 13.8 Å². The molecule has 2 heteroatoms. The molecule has 0 heterocycles. The van der Waals surface area contributed by atoms with E-state index in [1.165, 1.54) is 0 Å².